The normalized spacial score (nSPS) is 24.2. The first kappa shape index (κ1) is 21.5. The van der Waals surface area contributed by atoms with Crippen LogP contribution in [-0.4, -0.2) is 57.1 Å². The quantitative estimate of drug-likeness (QED) is 0.563. The third-order valence-electron chi connectivity index (χ3n) is 6.91. The fraction of sp³-hybridized carbons (Fsp3) is 0.478. The summed E-state index contributed by atoms with van der Waals surface area (Å²) in [4.78, 5) is 15.7. The Morgan fingerprint density at radius 2 is 1.94 bits per heavy atom. The van der Waals surface area contributed by atoms with Crippen LogP contribution in [-0.2, 0) is 4.74 Å². The Hall–Kier alpha value is -2.98. The minimum Gasteiger partial charge on any atom is -0.424 e. The van der Waals surface area contributed by atoms with Crippen LogP contribution in [0.1, 0.15) is 24.6 Å². The summed E-state index contributed by atoms with van der Waals surface area (Å²) in [6.07, 6.45) is 3.93. The van der Waals surface area contributed by atoms with Gasteiger partial charge in [-0.3, -0.25) is 0 Å². The van der Waals surface area contributed by atoms with Crippen molar-refractivity contribution >= 4 is 23.4 Å². The number of aryl methyl sites for hydroxylation is 1. The molecule has 3 fully saturated rings. The maximum Gasteiger partial charge on any atom is 0.322 e. The Bertz CT molecular complexity index is 1190. The molecule has 4 heterocycles. The van der Waals surface area contributed by atoms with Crippen LogP contribution >= 0.6 is 11.6 Å². The Morgan fingerprint density at radius 3 is 2.62 bits per heavy atom. The van der Waals surface area contributed by atoms with Crippen LogP contribution in [0.5, 0.6) is 11.8 Å². The molecule has 34 heavy (non-hydrogen) atoms. The van der Waals surface area contributed by atoms with Crippen molar-refractivity contribution < 1.29 is 13.9 Å². The van der Waals surface area contributed by atoms with Gasteiger partial charge in [0, 0.05) is 37.0 Å². The van der Waals surface area contributed by atoms with Crippen LogP contribution in [0.2, 0.25) is 5.02 Å². The molecule has 1 saturated carbocycles. The van der Waals surface area contributed by atoms with Gasteiger partial charge in [0.2, 0.25) is 5.95 Å². The van der Waals surface area contributed by atoms with E-state index < -0.39 is 5.82 Å². The zero-order valence-electron chi connectivity index (χ0n) is 18.7. The van der Waals surface area contributed by atoms with Crippen molar-refractivity contribution in [1.29, 1.82) is 0 Å². The van der Waals surface area contributed by atoms with Crippen molar-refractivity contribution in [1.82, 2.24) is 24.7 Å². The number of piperidine rings is 1. The first-order valence-corrected chi connectivity index (χ1v) is 11.9. The Labute approximate surface area is 201 Å². The van der Waals surface area contributed by atoms with E-state index in [1.807, 2.05) is 13.0 Å². The number of ether oxygens (including phenoxy) is 2. The minimum absolute atomic E-state index is 0.00360. The molecule has 6 rings (SSSR count). The highest BCUT2D eigenvalue weighted by Crippen LogP contribution is 2.40. The largest absolute Gasteiger partial charge is 0.424 e. The van der Waals surface area contributed by atoms with Gasteiger partial charge in [-0.05, 0) is 43.7 Å². The number of nitrogens with one attached hydrogen (secondary N) is 1. The van der Waals surface area contributed by atoms with Crippen LogP contribution in [0.15, 0.2) is 30.6 Å². The molecule has 11 heteroatoms. The molecule has 3 aromatic rings. The number of hydrogen-bond acceptors (Lipinski definition) is 8. The number of benzene rings is 1. The fourth-order valence-electron chi connectivity index (χ4n) is 5.10. The van der Waals surface area contributed by atoms with E-state index in [0.29, 0.717) is 42.8 Å². The summed E-state index contributed by atoms with van der Waals surface area (Å²) < 4.78 is 26.6. The molecule has 2 aromatic heterocycles. The Balaban J connectivity index is 1.20. The van der Waals surface area contributed by atoms with Gasteiger partial charge in [0.05, 0.1) is 18.2 Å². The molecule has 0 amide bonds. The first-order valence-electron chi connectivity index (χ1n) is 11.5. The fourth-order valence-corrected chi connectivity index (χ4v) is 5.27. The zero-order valence-corrected chi connectivity index (χ0v) is 19.5. The molecule has 2 saturated heterocycles. The third kappa shape index (κ3) is 4.05. The van der Waals surface area contributed by atoms with Crippen LogP contribution in [0.3, 0.4) is 0 Å². The van der Waals surface area contributed by atoms with Gasteiger partial charge >= 0.3 is 6.01 Å². The lowest BCUT2D eigenvalue weighted by atomic mass is 9.92. The van der Waals surface area contributed by atoms with E-state index in [1.54, 1.807) is 11.0 Å². The predicted octanol–water partition coefficient (Wildman–Crippen LogP) is 3.86. The Kier molecular flexibility index (Phi) is 5.49. The van der Waals surface area contributed by atoms with E-state index in [-0.39, 0.29) is 17.1 Å². The van der Waals surface area contributed by atoms with Gasteiger partial charge < -0.3 is 19.7 Å². The summed E-state index contributed by atoms with van der Waals surface area (Å²) in [5.41, 5.74) is 0.974. The summed E-state index contributed by atoms with van der Waals surface area (Å²) in [5, 5.41) is 8.28. The molecule has 2 aliphatic heterocycles. The number of aromatic nitrogens is 5. The maximum absolute atomic E-state index is 13.6. The van der Waals surface area contributed by atoms with E-state index in [0.717, 1.165) is 37.4 Å². The van der Waals surface area contributed by atoms with Crippen molar-refractivity contribution in [2.75, 3.05) is 36.5 Å². The van der Waals surface area contributed by atoms with Crippen LogP contribution < -0.4 is 15.0 Å². The molecule has 1 aromatic carbocycles. The van der Waals surface area contributed by atoms with E-state index in [4.69, 9.17) is 26.2 Å². The monoisotopic (exact) mass is 485 g/mol. The molecule has 1 aliphatic carbocycles. The number of nitrogens with zero attached hydrogens (tertiary/aromatic N) is 6. The summed E-state index contributed by atoms with van der Waals surface area (Å²) in [6, 6.07) is 6.94. The van der Waals surface area contributed by atoms with Crippen LogP contribution in [0.25, 0.3) is 0 Å². The van der Waals surface area contributed by atoms with Gasteiger partial charge in [-0.1, -0.05) is 11.6 Å². The topological polar surface area (TPSA) is 90.2 Å². The highest BCUT2D eigenvalue weighted by atomic mass is 35.5. The maximum atomic E-state index is 13.6. The standard InChI is InChI=1S/C23H25ClFN7O2/c1-13-6-20(27-12-26-13)31-8-14-2-3-15(9-31)21(14)28-22-29-23(32(30-22)16-10-33-11-16)34-17-4-5-19(25)18(24)7-17/h4-7,12,14-16,21H,2-3,8-11H2,1H3,(H,28,30)/t14-,15+,21-. The average molecular weight is 486 g/mol. The molecule has 0 unspecified atom stereocenters. The minimum atomic E-state index is -0.496. The van der Waals surface area contributed by atoms with E-state index >= 15 is 0 Å². The second-order valence-corrected chi connectivity index (χ2v) is 9.63. The third-order valence-corrected chi connectivity index (χ3v) is 7.20. The predicted molar refractivity (Wildman–Crippen MR) is 124 cm³/mol. The number of fused-ring (bicyclic) bond motifs is 2. The smallest absolute Gasteiger partial charge is 0.322 e. The lowest BCUT2D eigenvalue weighted by Gasteiger charge is -2.38. The summed E-state index contributed by atoms with van der Waals surface area (Å²) in [6.45, 7) is 4.94. The van der Waals surface area contributed by atoms with Gasteiger partial charge in [0.25, 0.3) is 0 Å². The molecule has 0 radical (unpaired) electrons. The van der Waals surface area contributed by atoms with Crippen molar-refractivity contribution in [2.45, 2.75) is 31.8 Å². The summed E-state index contributed by atoms with van der Waals surface area (Å²) >= 11 is 5.92. The second-order valence-electron chi connectivity index (χ2n) is 9.22. The molecular formula is C23H25ClFN7O2. The van der Waals surface area contributed by atoms with Crippen LogP contribution in [0.4, 0.5) is 16.2 Å². The van der Waals surface area contributed by atoms with Crippen molar-refractivity contribution in [3.8, 4) is 11.8 Å². The lowest BCUT2D eigenvalue weighted by molar-refractivity contribution is -0.0312. The van der Waals surface area contributed by atoms with Crippen molar-refractivity contribution in [3.63, 3.8) is 0 Å². The van der Waals surface area contributed by atoms with E-state index in [1.165, 1.54) is 18.2 Å². The summed E-state index contributed by atoms with van der Waals surface area (Å²) in [7, 11) is 0. The van der Waals surface area contributed by atoms with E-state index in [2.05, 4.69) is 25.2 Å². The molecule has 1 N–H and O–H groups in total. The number of halogens is 2. The van der Waals surface area contributed by atoms with Gasteiger partial charge in [-0.2, -0.15) is 4.98 Å². The van der Waals surface area contributed by atoms with Crippen LogP contribution in [0, 0.1) is 24.6 Å². The Morgan fingerprint density at radius 1 is 1.15 bits per heavy atom. The lowest BCUT2D eigenvalue weighted by Crippen LogP contribution is -2.48. The van der Waals surface area contributed by atoms with Gasteiger partial charge in [0.1, 0.15) is 29.8 Å². The van der Waals surface area contributed by atoms with Gasteiger partial charge in [-0.15, -0.1) is 5.10 Å². The van der Waals surface area contributed by atoms with Crippen molar-refractivity contribution in [3.05, 3.63) is 47.1 Å². The first-order chi connectivity index (χ1) is 16.5. The zero-order chi connectivity index (χ0) is 23.2. The number of hydrogen-bond donors (Lipinski definition) is 1. The highest BCUT2D eigenvalue weighted by Gasteiger charge is 2.43. The molecule has 9 nitrogen and oxygen atoms in total. The SMILES string of the molecule is Cc1cc(N2C[C@H]3CC[C@@H](C2)[C@@H]3Nc2nc(Oc3ccc(F)c(Cl)c3)n(C3COC3)n2)ncn1. The number of anilines is 2. The van der Waals surface area contributed by atoms with Gasteiger partial charge in [0.15, 0.2) is 0 Å². The molecule has 3 atom stereocenters. The van der Waals surface area contributed by atoms with Crippen molar-refractivity contribution in [2.24, 2.45) is 11.8 Å². The second kappa shape index (κ2) is 8.66. The molecule has 0 spiro atoms. The highest BCUT2D eigenvalue weighted by molar-refractivity contribution is 6.30. The van der Waals surface area contributed by atoms with E-state index in [9.17, 15) is 4.39 Å². The average Bonchev–Trinajstić information content (AvgIpc) is 3.25. The molecular weight excluding hydrogens is 461 g/mol. The molecule has 178 valence electrons. The summed E-state index contributed by atoms with van der Waals surface area (Å²) in [5.74, 6) is 2.36. The number of rotatable bonds is 6. The van der Waals surface area contributed by atoms with Gasteiger partial charge in [-0.25, -0.2) is 19.0 Å². The molecule has 2 bridgehead atoms. The molecule has 3 aliphatic rings.